The van der Waals surface area contributed by atoms with E-state index in [0.717, 1.165) is 18.1 Å². The molecule has 0 N–H and O–H groups in total. The summed E-state index contributed by atoms with van der Waals surface area (Å²) in [6.07, 6.45) is 7.20. The van der Waals surface area contributed by atoms with E-state index in [1.165, 1.54) is 103 Å². The number of hydrogen-bond acceptors (Lipinski definition) is 4. The molecule has 4 nitrogen and oxygen atoms in total. The summed E-state index contributed by atoms with van der Waals surface area (Å²) in [5.41, 5.74) is 15.3. The molecule has 63 heavy (non-hydrogen) atoms. The van der Waals surface area contributed by atoms with E-state index in [9.17, 15) is 0 Å². The number of nitrogens with zero attached hydrogens (tertiary/aromatic N) is 4. The lowest BCUT2D eigenvalue weighted by molar-refractivity contribution is 0.659. The lowest BCUT2D eigenvalue weighted by atomic mass is 9.81. The van der Waals surface area contributed by atoms with E-state index >= 15 is 0 Å². The van der Waals surface area contributed by atoms with Crippen LogP contribution in [0.2, 0.25) is 0 Å². The molecule has 5 aromatic heterocycles. The van der Waals surface area contributed by atoms with E-state index in [1.54, 1.807) is 0 Å². The Labute approximate surface area is 373 Å². The molecule has 1 unspecified atom stereocenters. The van der Waals surface area contributed by atoms with Gasteiger partial charge in [-0.05, 0) is 130 Å². The second kappa shape index (κ2) is 14.0. The van der Waals surface area contributed by atoms with Gasteiger partial charge in [-0.25, -0.2) is 9.97 Å². The van der Waals surface area contributed by atoms with E-state index in [4.69, 9.17) is 9.97 Å². The molecule has 1 atom stereocenters. The van der Waals surface area contributed by atoms with E-state index in [0.29, 0.717) is 5.25 Å². The lowest BCUT2D eigenvalue weighted by Gasteiger charge is -2.23. The van der Waals surface area contributed by atoms with Gasteiger partial charge in [0.25, 0.3) is 0 Å². The predicted molar refractivity (Wildman–Crippen MR) is 266 cm³/mol. The van der Waals surface area contributed by atoms with Gasteiger partial charge in [0.1, 0.15) is 11.6 Å². The Morgan fingerprint density at radius 1 is 0.492 bits per heavy atom. The highest BCUT2D eigenvalue weighted by molar-refractivity contribution is 8.08. The molecular weight excluding hydrogens is 805 g/mol. The van der Waals surface area contributed by atoms with Gasteiger partial charge in [-0.3, -0.25) is 9.13 Å². The van der Waals surface area contributed by atoms with Crippen LogP contribution in [0.1, 0.15) is 47.8 Å². The smallest absolute Gasteiger partial charge is 0.137 e. The Balaban J connectivity index is 0.778. The van der Waals surface area contributed by atoms with Crippen LogP contribution in [-0.4, -0.2) is 19.1 Å². The fourth-order valence-corrected chi connectivity index (χ4v) is 12.6. The molecule has 300 valence electrons. The zero-order chi connectivity index (χ0) is 41.8. The van der Waals surface area contributed by atoms with Gasteiger partial charge < -0.3 is 0 Å². The third-order valence-electron chi connectivity index (χ3n) is 13.4. The van der Waals surface area contributed by atoms with Crippen LogP contribution in [0.3, 0.4) is 0 Å². The van der Waals surface area contributed by atoms with Gasteiger partial charge in [-0.15, -0.1) is 23.1 Å². The lowest BCUT2D eigenvalue weighted by Crippen LogP contribution is -2.15. The molecule has 0 saturated carbocycles. The van der Waals surface area contributed by atoms with Gasteiger partial charge in [-0.2, -0.15) is 0 Å². The number of fused-ring (bicyclic) bond motifs is 9. The van der Waals surface area contributed by atoms with Crippen molar-refractivity contribution < 1.29 is 0 Å². The number of benzene rings is 6. The summed E-state index contributed by atoms with van der Waals surface area (Å²) >= 11 is 3.88. The van der Waals surface area contributed by atoms with Crippen molar-refractivity contribution in [3.63, 3.8) is 0 Å². The van der Waals surface area contributed by atoms with Crippen LogP contribution >= 0.6 is 23.1 Å². The number of allylic oxidation sites excluding steroid dienone is 1. The van der Waals surface area contributed by atoms with Crippen molar-refractivity contribution in [1.29, 1.82) is 0 Å². The number of thiophene rings is 1. The van der Waals surface area contributed by atoms with Crippen LogP contribution < -0.4 is 0 Å². The number of hydrogen-bond donors (Lipinski definition) is 0. The number of thioether (sulfide) groups is 1. The largest absolute Gasteiger partial charge is 0.294 e. The Morgan fingerprint density at radius 3 is 1.65 bits per heavy atom. The summed E-state index contributed by atoms with van der Waals surface area (Å²) in [6, 6.07) is 62.4. The summed E-state index contributed by atoms with van der Waals surface area (Å²) in [7, 11) is 0. The molecule has 6 aromatic carbocycles. The van der Waals surface area contributed by atoms with E-state index < -0.39 is 0 Å². The number of para-hydroxylation sites is 2. The first-order valence-corrected chi connectivity index (χ1v) is 23.3. The highest BCUT2D eigenvalue weighted by Gasteiger charge is 2.37. The Morgan fingerprint density at radius 2 is 1.02 bits per heavy atom. The first kappa shape index (κ1) is 36.6. The van der Waals surface area contributed by atoms with Crippen LogP contribution in [0, 0.1) is 0 Å². The van der Waals surface area contributed by atoms with Crippen molar-refractivity contribution in [1.82, 2.24) is 19.1 Å². The number of pyridine rings is 2. The number of rotatable bonds is 6. The third-order valence-corrected chi connectivity index (χ3v) is 16.0. The van der Waals surface area contributed by atoms with Crippen molar-refractivity contribution >= 4 is 71.6 Å². The van der Waals surface area contributed by atoms with Crippen molar-refractivity contribution in [2.24, 2.45) is 0 Å². The first-order valence-electron chi connectivity index (χ1n) is 21.6. The minimum absolute atomic E-state index is 0.115. The van der Waals surface area contributed by atoms with Crippen molar-refractivity contribution in [3.05, 3.63) is 211 Å². The second-order valence-corrected chi connectivity index (χ2v) is 19.6. The van der Waals surface area contributed by atoms with Gasteiger partial charge in [0, 0.05) is 59.3 Å². The molecule has 6 heterocycles. The van der Waals surface area contributed by atoms with Crippen LogP contribution in [0.25, 0.3) is 92.2 Å². The molecule has 13 rings (SSSR count). The summed E-state index contributed by atoms with van der Waals surface area (Å²) in [5, 5.41) is 5.37. The Bertz CT molecular complexity index is 3660. The van der Waals surface area contributed by atoms with Crippen molar-refractivity contribution in [2.75, 3.05) is 0 Å². The summed E-state index contributed by atoms with van der Waals surface area (Å²) in [6.45, 7) is 4.81. The fourth-order valence-electron chi connectivity index (χ4n) is 10.3. The normalized spacial score (nSPS) is 15.4. The fraction of sp³-hybridized carbons (Fsp3) is 0.0877. The maximum atomic E-state index is 4.71. The molecule has 1 aliphatic carbocycles. The molecule has 6 heteroatoms. The monoisotopic (exact) mass is 844 g/mol. The van der Waals surface area contributed by atoms with E-state index in [1.807, 2.05) is 47.6 Å². The minimum Gasteiger partial charge on any atom is -0.294 e. The van der Waals surface area contributed by atoms with Gasteiger partial charge in [0.05, 0.1) is 22.1 Å². The predicted octanol–water partition coefficient (Wildman–Crippen LogP) is 15.6. The highest BCUT2D eigenvalue weighted by Crippen LogP contribution is 2.54. The molecule has 2 aliphatic rings. The van der Waals surface area contributed by atoms with Crippen LogP contribution in [-0.2, 0) is 5.41 Å². The molecule has 1 aliphatic heterocycles. The highest BCUT2D eigenvalue weighted by atomic mass is 32.2. The topological polar surface area (TPSA) is 35.6 Å². The molecule has 0 saturated heterocycles. The average molecular weight is 845 g/mol. The molecule has 0 spiro atoms. The van der Waals surface area contributed by atoms with Gasteiger partial charge in [-0.1, -0.05) is 111 Å². The van der Waals surface area contributed by atoms with Gasteiger partial charge in [0.2, 0.25) is 0 Å². The summed E-state index contributed by atoms with van der Waals surface area (Å²) in [4.78, 5) is 13.3. The van der Waals surface area contributed by atoms with Crippen molar-refractivity contribution in [3.8, 4) is 43.6 Å². The molecule has 0 bridgehead atoms. The summed E-state index contributed by atoms with van der Waals surface area (Å²) in [5.74, 6) is 1.88. The third kappa shape index (κ3) is 5.68. The second-order valence-electron chi connectivity index (χ2n) is 17.3. The van der Waals surface area contributed by atoms with Gasteiger partial charge in [0.15, 0.2) is 0 Å². The van der Waals surface area contributed by atoms with E-state index in [2.05, 4.69) is 187 Å². The zero-order valence-corrected chi connectivity index (χ0v) is 36.4. The molecule has 0 fully saturated rings. The average Bonchev–Trinajstić information content (AvgIpc) is 4.18. The first-order chi connectivity index (χ1) is 31.0. The molecule has 11 aromatic rings. The molecular formula is C57H40N4S2. The minimum atomic E-state index is -0.115. The van der Waals surface area contributed by atoms with Crippen LogP contribution in [0.4, 0.5) is 0 Å². The Hall–Kier alpha value is -6.99. The van der Waals surface area contributed by atoms with E-state index in [-0.39, 0.29) is 5.41 Å². The Kier molecular flexibility index (Phi) is 8.15. The maximum Gasteiger partial charge on any atom is 0.137 e. The quantitative estimate of drug-likeness (QED) is 0.167. The maximum absolute atomic E-state index is 4.71. The zero-order valence-electron chi connectivity index (χ0n) is 34.8. The number of aromatic nitrogens is 4. The van der Waals surface area contributed by atoms with Gasteiger partial charge >= 0.3 is 0 Å². The van der Waals surface area contributed by atoms with Crippen LogP contribution in [0.5, 0.6) is 0 Å². The molecule has 0 amide bonds. The SMILES string of the molecule is CC1(C)c2cc(-c3ccc(-c4ccc5c(c4)c4ccccc4n5-c4ccccn4)s3)ccc2-c2ccc(C3CC=C(c4ccc5c(c4)c4ccccc4n5-c4ccccn4)S3)cc21. The standard InChI is InChI=1S/C57H40N4S2/c1-57(2)45-33-37(53-27-25-51(62-53)35-19-23-49-43(31-35)41-11-3-5-13-47(41)60(49)55-15-7-9-29-58-55)17-21-39(45)40-22-18-38(34-46(40)57)54-28-26-52(63-54)36-20-24-50-44(32-36)42-12-4-6-14-48(42)61(50)56-16-8-10-30-59-56/h3-27,29-34,54H,28H2,1-2H3. The summed E-state index contributed by atoms with van der Waals surface area (Å²) < 4.78 is 4.56. The van der Waals surface area contributed by atoms with Crippen LogP contribution in [0.15, 0.2) is 188 Å². The molecule has 0 radical (unpaired) electrons. The van der Waals surface area contributed by atoms with Crippen molar-refractivity contribution in [2.45, 2.75) is 30.9 Å².